The highest BCUT2D eigenvalue weighted by atomic mass is 16.4. The van der Waals surface area contributed by atoms with E-state index in [1.165, 1.54) is 89.9 Å². The van der Waals surface area contributed by atoms with Crippen molar-refractivity contribution in [3.05, 3.63) is 0 Å². The van der Waals surface area contributed by atoms with Crippen molar-refractivity contribution in [2.45, 2.75) is 117 Å². The Morgan fingerprint density at radius 2 is 1.00 bits per heavy atom. The number of rotatable bonds is 24. The van der Waals surface area contributed by atoms with Crippen molar-refractivity contribution in [2.24, 2.45) is 5.73 Å². The molecule has 0 radical (unpaired) electrons. The van der Waals surface area contributed by atoms with Gasteiger partial charge in [0, 0.05) is 52.6 Å². The number of carbonyl (C=O) groups is 2. The Morgan fingerprint density at radius 1 is 0.636 bits per heavy atom. The molecule has 0 bridgehead atoms. The summed E-state index contributed by atoms with van der Waals surface area (Å²) in [5.41, 5.74) is 5.41. The van der Waals surface area contributed by atoms with Crippen LogP contribution < -0.4 is 21.7 Å². The number of carboxylic acids is 1. The van der Waals surface area contributed by atoms with E-state index in [0.717, 1.165) is 39.5 Å². The van der Waals surface area contributed by atoms with Crippen LogP contribution in [0.4, 0.5) is 0 Å². The first kappa shape index (κ1) is 34.0. The van der Waals surface area contributed by atoms with Gasteiger partial charge in [-0.2, -0.15) is 0 Å². The predicted molar refractivity (Wildman–Crippen MR) is 141 cm³/mol. The lowest BCUT2D eigenvalue weighted by molar-refractivity contribution is -0.134. The second-order valence-corrected chi connectivity index (χ2v) is 8.86. The normalized spacial score (nSPS) is 10.5. The highest BCUT2D eigenvalue weighted by Gasteiger charge is 2.00. The molecule has 0 aliphatic rings. The SMILES string of the molecule is CC(=O)O.CCCCCCCCCCCCCCCCCC(=O)NCCNCCNCCN. The van der Waals surface area contributed by atoms with Gasteiger partial charge in [-0.15, -0.1) is 0 Å². The Kier molecular flexibility index (Phi) is 31.7. The molecular formula is C26H56N4O3. The average Bonchev–Trinajstić information content (AvgIpc) is 2.78. The molecule has 0 aromatic carbocycles. The summed E-state index contributed by atoms with van der Waals surface area (Å²) in [6.45, 7) is 8.28. The minimum atomic E-state index is -0.833. The molecule has 0 unspecified atom stereocenters. The van der Waals surface area contributed by atoms with E-state index >= 15 is 0 Å². The van der Waals surface area contributed by atoms with Crippen LogP contribution in [0, 0.1) is 0 Å². The van der Waals surface area contributed by atoms with Gasteiger partial charge < -0.3 is 26.8 Å². The maximum atomic E-state index is 11.8. The second kappa shape index (κ2) is 30.8. The lowest BCUT2D eigenvalue weighted by atomic mass is 10.0. The standard InChI is InChI=1S/C24H52N4O.C2H4O2/c1-2-3-4-5-6-7-8-9-10-11-12-13-14-15-16-17-24(29)28-23-22-27-21-20-26-19-18-25;1-2(3)4/h26-27H,2-23,25H2,1H3,(H,28,29);1H3,(H,3,4). The molecule has 198 valence electrons. The van der Waals surface area contributed by atoms with Crippen LogP contribution in [0.3, 0.4) is 0 Å². The maximum absolute atomic E-state index is 11.8. The zero-order valence-electron chi connectivity index (χ0n) is 21.9. The summed E-state index contributed by atoms with van der Waals surface area (Å²) < 4.78 is 0. The third-order valence-corrected chi connectivity index (χ3v) is 5.43. The third kappa shape index (κ3) is 38.4. The number of nitrogens with one attached hydrogen (secondary N) is 3. The van der Waals surface area contributed by atoms with Gasteiger partial charge >= 0.3 is 0 Å². The number of aliphatic carboxylic acids is 1. The van der Waals surface area contributed by atoms with Crippen LogP contribution in [0.25, 0.3) is 0 Å². The quantitative estimate of drug-likeness (QED) is 0.131. The van der Waals surface area contributed by atoms with E-state index in [9.17, 15) is 4.79 Å². The zero-order valence-corrected chi connectivity index (χ0v) is 21.9. The topological polar surface area (TPSA) is 116 Å². The third-order valence-electron chi connectivity index (χ3n) is 5.43. The first-order valence-corrected chi connectivity index (χ1v) is 13.6. The summed E-state index contributed by atoms with van der Waals surface area (Å²) in [4.78, 5) is 20.8. The van der Waals surface area contributed by atoms with Crippen molar-refractivity contribution in [1.82, 2.24) is 16.0 Å². The van der Waals surface area contributed by atoms with Gasteiger partial charge in [0.05, 0.1) is 0 Å². The van der Waals surface area contributed by atoms with Crippen molar-refractivity contribution in [1.29, 1.82) is 0 Å². The summed E-state index contributed by atoms with van der Waals surface area (Å²) in [5, 5.41) is 16.9. The smallest absolute Gasteiger partial charge is 0.300 e. The Morgan fingerprint density at radius 3 is 1.42 bits per heavy atom. The molecule has 0 aromatic rings. The molecule has 0 fully saturated rings. The number of carboxylic acid groups (broad SMARTS) is 1. The number of amides is 1. The lowest BCUT2D eigenvalue weighted by Gasteiger charge is -2.07. The van der Waals surface area contributed by atoms with Crippen molar-refractivity contribution in [2.75, 3.05) is 39.3 Å². The van der Waals surface area contributed by atoms with Gasteiger partial charge in [-0.25, -0.2) is 0 Å². The molecule has 0 aliphatic heterocycles. The first-order valence-electron chi connectivity index (χ1n) is 13.6. The van der Waals surface area contributed by atoms with Crippen molar-refractivity contribution in [3.8, 4) is 0 Å². The maximum Gasteiger partial charge on any atom is 0.300 e. The number of unbranched alkanes of at least 4 members (excludes halogenated alkanes) is 14. The molecule has 0 saturated carbocycles. The Labute approximate surface area is 204 Å². The van der Waals surface area contributed by atoms with Gasteiger partial charge in [-0.05, 0) is 6.42 Å². The van der Waals surface area contributed by atoms with Crippen LogP contribution in [0.2, 0.25) is 0 Å². The minimum absolute atomic E-state index is 0.197. The van der Waals surface area contributed by atoms with E-state index in [0.29, 0.717) is 19.5 Å². The van der Waals surface area contributed by atoms with E-state index in [1.807, 2.05) is 0 Å². The van der Waals surface area contributed by atoms with Gasteiger partial charge in [0.1, 0.15) is 0 Å². The average molecular weight is 473 g/mol. The molecule has 0 atom stereocenters. The van der Waals surface area contributed by atoms with E-state index in [4.69, 9.17) is 15.6 Å². The summed E-state index contributed by atoms with van der Waals surface area (Å²) in [5.74, 6) is -0.636. The molecule has 1 amide bonds. The lowest BCUT2D eigenvalue weighted by Crippen LogP contribution is -2.35. The van der Waals surface area contributed by atoms with Gasteiger partial charge in [0.2, 0.25) is 5.91 Å². The van der Waals surface area contributed by atoms with Gasteiger partial charge in [-0.3, -0.25) is 9.59 Å². The van der Waals surface area contributed by atoms with Crippen LogP contribution in [0.1, 0.15) is 117 Å². The van der Waals surface area contributed by atoms with Gasteiger partial charge in [0.15, 0.2) is 0 Å². The molecule has 0 aliphatic carbocycles. The minimum Gasteiger partial charge on any atom is -0.481 e. The molecular weight excluding hydrogens is 416 g/mol. The predicted octanol–water partition coefficient (Wildman–Crippen LogP) is 4.59. The molecule has 0 saturated heterocycles. The number of hydrogen-bond donors (Lipinski definition) is 5. The Hall–Kier alpha value is -1.18. The summed E-state index contributed by atoms with van der Waals surface area (Å²) in [6.07, 6.45) is 21.1. The van der Waals surface area contributed by atoms with Crippen molar-refractivity contribution >= 4 is 11.9 Å². The van der Waals surface area contributed by atoms with Crippen molar-refractivity contribution < 1.29 is 14.7 Å². The highest BCUT2D eigenvalue weighted by Crippen LogP contribution is 2.13. The molecule has 0 rings (SSSR count). The van der Waals surface area contributed by atoms with E-state index in [2.05, 4.69) is 22.9 Å². The summed E-state index contributed by atoms with van der Waals surface area (Å²) >= 11 is 0. The largest absolute Gasteiger partial charge is 0.481 e. The number of hydrogen-bond acceptors (Lipinski definition) is 5. The van der Waals surface area contributed by atoms with Crippen LogP contribution in [-0.4, -0.2) is 56.3 Å². The number of carbonyl (C=O) groups excluding carboxylic acids is 1. The van der Waals surface area contributed by atoms with Crippen LogP contribution >= 0.6 is 0 Å². The molecule has 7 nitrogen and oxygen atoms in total. The van der Waals surface area contributed by atoms with Crippen molar-refractivity contribution in [3.63, 3.8) is 0 Å². The fraction of sp³-hybridized carbons (Fsp3) is 0.923. The fourth-order valence-corrected chi connectivity index (χ4v) is 3.56. The van der Waals surface area contributed by atoms with Gasteiger partial charge in [-0.1, -0.05) is 96.8 Å². The molecule has 7 heteroatoms. The number of nitrogens with two attached hydrogens (primary N) is 1. The monoisotopic (exact) mass is 472 g/mol. The van der Waals surface area contributed by atoms with Crippen LogP contribution in [-0.2, 0) is 9.59 Å². The molecule has 0 spiro atoms. The Bertz CT molecular complexity index is 405. The first-order chi connectivity index (χ1) is 16.0. The molecule has 0 heterocycles. The zero-order chi connectivity index (χ0) is 24.8. The molecule has 0 aromatic heterocycles. The molecule has 33 heavy (non-hydrogen) atoms. The van der Waals surface area contributed by atoms with Gasteiger partial charge in [0.25, 0.3) is 5.97 Å². The Balaban J connectivity index is 0. The second-order valence-electron chi connectivity index (χ2n) is 8.86. The van der Waals surface area contributed by atoms with E-state index in [1.54, 1.807) is 0 Å². The van der Waals surface area contributed by atoms with E-state index in [-0.39, 0.29) is 5.91 Å². The molecule has 6 N–H and O–H groups in total. The fourth-order valence-electron chi connectivity index (χ4n) is 3.56. The van der Waals surface area contributed by atoms with Crippen LogP contribution in [0.15, 0.2) is 0 Å². The summed E-state index contributed by atoms with van der Waals surface area (Å²) in [6, 6.07) is 0. The summed E-state index contributed by atoms with van der Waals surface area (Å²) in [7, 11) is 0. The van der Waals surface area contributed by atoms with Crippen LogP contribution in [0.5, 0.6) is 0 Å². The highest BCUT2D eigenvalue weighted by molar-refractivity contribution is 5.75. The van der Waals surface area contributed by atoms with E-state index < -0.39 is 5.97 Å².